The highest BCUT2D eigenvalue weighted by Crippen LogP contribution is 2.29. The molecule has 3 rings (SSSR count). The largest absolute Gasteiger partial charge is 0.422 e. The van der Waals surface area contributed by atoms with Gasteiger partial charge in [-0.2, -0.15) is 0 Å². The monoisotopic (exact) mass is 330 g/mol. The maximum absolute atomic E-state index is 12.3. The van der Waals surface area contributed by atoms with Gasteiger partial charge in [-0.15, -0.1) is 0 Å². The molecule has 1 heterocycles. The summed E-state index contributed by atoms with van der Waals surface area (Å²) in [6.45, 7) is 4.12. The second kappa shape index (κ2) is 5.06. The molecule has 0 N–H and O–H groups in total. The molecule has 3 heteroatoms. The number of hydrogen-bond acceptors (Lipinski definition) is 2. The molecule has 0 saturated heterocycles. The van der Waals surface area contributed by atoms with Crippen LogP contribution in [0.25, 0.3) is 21.7 Å². The molecule has 0 fully saturated rings. The van der Waals surface area contributed by atoms with E-state index in [1.54, 1.807) is 0 Å². The van der Waals surface area contributed by atoms with Crippen LogP contribution in [0.1, 0.15) is 16.7 Å². The third kappa shape index (κ3) is 1.97. The summed E-state index contributed by atoms with van der Waals surface area (Å²) in [5.41, 5.74) is 3.91. The lowest BCUT2D eigenvalue weighted by molar-refractivity contribution is 0.569. The fraction of sp³-hybridized carbons (Fsp3) is 0.235. The van der Waals surface area contributed by atoms with Crippen molar-refractivity contribution in [3.8, 4) is 0 Å². The Bertz CT molecular complexity index is 862. The van der Waals surface area contributed by atoms with Crippen LogP contribution >= 0.6 is 15.9 Å². The predicted octanol–water partition coefficient (Wildman–Crippen LogP) is 4.50. The summed E-state index contributed by atoms with van der Waals surface area (Å²) in [5, 5.41) is 3.59. The molecule has 0 unspecified atom stereocenters. The lowest BCUT2D eigenvalue weighted by Gasteiger charge is -2.12. The summed E-state index contributed by atoms with van der Waals surface area (Å²) in [5.74, 6) is 0. The number of fused-ring (bicyclic) bond motifs is 3. The fourth-order valence-corrected chi connectivity index (χ4v) is 3.30. The molecule has 0 radical (unpaired) electrons. The Morgan fingerprint density at radius 3 is 2.65 bits per heavy atom. The summed E-state index contributed by atoms with van der Waals surface area (Å²) >= 11 is 3.48. The number of alkyl halides is 1. The van der Waals surface area contributed by atoms with E-state index >= 15 is 0 Å². The second-order valence-corrected chi connectivity index (χ2v) is 5.84. The highest BCUT2D eigenvalue weighted by molar-refractivity contribution is 9.09. The van der Waals surface area contributed by atoms with Crippen LogP contribution in [-0.4, -0.2) is 5.33 Å². The predicted molar refractivity (Wildman–Crippen MR) is 87.0 cm³/mol. The Hall–Kier alpha value is -1.61. The Labute approximate surface area is 125 Å². The standard InChI is InChI=1S/C17H15BrO2/c1-10-9-14-13-5-3-4-6-15(13)20-17(19)16(14)11(2)12(10)7-8-18/h3-6,9H,7-8H2,1-2H3. The van der Waals surface area contributed by atoms with E-state index in [1.807, 2.05) is 31.2 Å². The summed E-state index contributed by atoms with van der Waals surface area (Å²) in [4.78, 5) is 12.3. The lowest BCUT2D eigenvalue weighted by atomic mass is 9.94. The van der Waals surface area contributed by atoms with Gasteiger partial charge in [0.1, 0.15) is 5.58 Å². The Balaban J connectivity index is 2.53. The van der Waals surface area contributed by atoms with Crippen LogP contribution in [-0.2, 0) is 6.42 Å². The van der Waals surface area contributed by atoms with Gasteiger partial charge in [-0.25, -0.2) is 4.79 Å². The van der Waals surface area contributed by atoms with Gasteiger partial charge >= 0.3 is 5.63 Å². The normalized spacial score (nSPS) is 11.3. The van der Waals surface area contributed by atoms with Gasteiger partial charge in [0.25, 0.3) is 0 Å². The van der Waals surface area contributed by atoms with Crippen LogP contribution < -0.4 is 5.63 Å². The van der Waals surface area contributed by atoms with Crippen LogP contribution in [0.5, 0.6) is 0 Å². The Morgan fingerprint density at radius 1 is 1.15 bits per heavy atom. The fourth-order valence-electron chi connectivity index (χ4n) is 2.91. The van der Waals surface area contributed by atoms with Gasteiger partial charge in [0.15, 0.2) is 0 Å². The molecule has 0 amide bonds. The maximum Gasteiger partial charge on any atom is 0.344 e. The number of aryl methyl sites for hydroxylation is 2. The first-order valence-electron chi connectivity index (χ1n) is 6.64. The highest BCUT2D eigenvalue weighted by Gasteiger charge is 2.14. The van der Waals surface area contributed by atoms with Crippen LogP contribution in [0.4, 0.5) is 0 Å². The van der Waals surface area contributed by atoms with Crippen LogP contribution in [0.15, 0.2) is 39.5 Å². The number of rotatable bonds is 2. The summed E-state index contributed by atoms with van der Waals surface area (Å²) in [7, 11) is 0. The van der Waals surface area contributed by atoms with Gasteiger partial charge < -0.3 is 4.42 Å². The van der Waals surface area contributed by atoms with E-state index in [1.165, 1.54) is 11.1 Å². The minimum absolute atomic E-state index is 0.243. The first-order chi connectivity index (χ1) is 9.63. The van der Waals surface area contributed by atoms with Crippen molar-refractivity contribution >= 4 is 37.7 Å². The van der Waals surface area contributed by atoms with Crippen molar-refractivity contribution in [1.29, 1.82) is 0 Å². The number of para-hydroxylation sites is 1. The topological polar surface area (TPSA) is 30.2 Å². The highest BCUT2D eigenvalue weighted by atomic mass is 79.9. The molecule has 0 aliphatic carbocycles. The van der Waals surface area contributed by atoms with Crippen molar-refractivity contribution in [2.24, 2.45) is 0 Å². The molecule has 2 aromatic carbocycles. The van der Waals surface area contributed by atoms with E-state index in [4.69, 9.17) is 4.42 Å². The summed E-state index contributed by atoms with van der Waals surface area (Å²) in [6, 6.07) is 9.81. The molecule has 0 bridgehead atoms. The molecule has 20 heavy (non-hydrogen) atoms. The zero-order chi connectivity index (χ0) is 14.3. The third-order valence-corrected chi connectivity index (χ3v) is 4.26. The molecule has 3 aromatic rings. The van der Waals surface area contributed by atoms with Crippen LogP contribution in [0.2, 0.25) is 0 Å². The molecule has 0 spiro atoms. The van der Waals surface area contributed by atoms with Gasteiger partial charge in [-0.3, -0.25) is 0 Å². The van der Waals surface area contributed by atoms with Gasteiger partial charge in [-0.1, -0.05) is 40.2 Å². The van der Waals surface area contributed by atoms with Gasteiger partial charge in [0.2, 0.25) is 0 Å². The molecular formula is C17H15BrO2. The molecule has 0 aliphatic heterocycles. The zero-order valence-electron chi connectivity index (χ0n) is 11.5. The van der Waals surface area contributed by atoms with E-state index in [-0.39, 0.29) is 5.63 Å². The molecule has 1 aromatic heterocycles. The smallest absolute Gasteiger partial charge is 0.344 e. The summed E-state index contributed by atoms with van der Waals surface area (Å²) < 4.78 is 5.46. The quantitative estimate of drug-likeness (QED) is 0.393. The Morgan fingerprint density at radius 2 is 1.90 bits per heavy atom. The number of benzene rings is 2. The van der Waals surface area contributed by atoms with Crippen molar-refractivity contribution in [3.63, 3.8) is 0 Å². The minimum atomic E-state index is -0.243. The van der Waals surface area contributed by atoms with E-state index in [0.29, 0.717) is 11.0 Å². The Kier molecular flexibility index (Phi) is 3.38. The third-order valence-electron chi connectivity index (χ3n) is 3.86. The molecule has 0 saturated carbocycles. The maximum atomic E-state index is 12.3. The second-order valence-electron chi connectivity index (χ2n) is 5.04. The van der Waals surface area contributed by atoms with Crippen molar-refractivity contribution < 1.29 is 4.42 Å². The SMILES string of the molecule is Cc1cc2c(c(C)c1CCBr)c(=O)oc1ccccc12. The molecule has 102 valence electrons. The average Bonchev–Trinajstić information content (AvgIpc) is 2.43. The van der Waals surface area contributed by atoms with Crippen LogP contribution in [0, 0.1) is 13.8 Å². The van der Waals surface area contributed by atoms with Crippen molar-refractivity contribution in [2.75, 3.05) is 5.33 Å². The zero-order valence-corrected chi connectivity index (χ0v) is 13.1. The average molecular weight is 331 g/mol. The van der Waals surface area contributed by atoms with E-state index in [2.05, 4.69) is 28.9 Å². The van der Waals surface area contributed by atoms with Crippen molar-refractivity contribution in [1.82, 2.24) is 0 Å². The van der Waals surface area contributed by atoms with Gasteiger partial charge in [-0.05, 0) is 43.0 Å². The van der Waals surface area contributed by atoms with Gasteiger partial charge in [0.05, 0.1) is 5.39 Å². The van der Waals surface area contributed by atoms with Crippen molar-refractivity contribution in [2.45, 2.75) is 20.3 Å². The van der Waals surface area contributed by atoms with E-state index in [0.717, 1.165) is 28.1 Å². The van der Waals surface area contributed by atoms with Crippen LogP contribution in [0.3, 0.4) is 0 Å². The number of halogens is 1. The molecule has 2 nitrogen and oxygen atoms in total. The molecule has 0 aliphatic rings. The molecule has 0 atom stereocenters. The first-order valence-corrected chi connectivity index (χ1v) is 7.76. The van der Waals surface area contributed by atoms with Crippen molar-refractivity contribution in [3.05, 3.63) is 57.4 Å². The lowest BCUT2D eigenvalue weighted by Crippen LogP contribution is -2.06. The van der Waals surface area contributed by atoms with E-state index < -0.39 is 0 Å². The first kappa shape index (κ1) is 13.4. The summed E-state index contributed by atoms with van der Waals surface area (Å²) in [6.07, 6.45) is 0.917. The molecular weight excluding hydrogens is 316 g/mol. The van der Waals surface area contributed by atoms with E-state index in [9.17, 15) is 4.79 Å². The minimum Gasteiger partial charge on any atom is -0.422 e. The van der Waals surface area contributed by atoms with Gasteiger partial charge in [0, 0.05) is 16.1 Å². The number of hydrogen-bond donors (Lipinski definition) is 0.